The van der Waals surface area contributed by atoms with Gasteiger partial charge in [-0.2, -0.15) is 0 Å². The first-order chi connectivity index (χ1) is 30.9. The van der Waals surface area contributed by atoms with E-state index in [2.05, 4.69) is 92.7 Å². The number of nitrogens with zero attached hydrogens (tertiary/aromatic N) is 7. The largest absolute Gasteiger partial charge is 0.508 e. The second-order valence-electron chi connectivity index (χ2n) is 18.2. The van der Waals surface area contributed by atoms with E-state index in [9.17, 15) is 14.6 Å². The van der Waals surface area contributed by atoms with Gasteiger partial charge in [-0.15, -0.1) is 21.5 Å². The molecule has 1 aliphatic carbocycles. The average molecular weight is 884 g/mol. The highest BCUT2D eigenvalue weighted by atomic mass is 32.1. The number of piperazine rings is 1. The van der Waals surface area contributed by atoms with Crippen molar-refractivity contribution in [1.29, 1.82) is 0 Å². The number of piperidine rings is 1. The summed E-state index contributed by atoms with van der Waals surface area (Å²) < 4.78 is 37.6. The number of phenols is 1. The van der Waals surface area contributed by atoms with Crippen LogP contribution in [0.3, 0.4) is 0 Å². The molecule has 64 heavy (non-hydrogen) atoms. The molecule has 3 atom stereocenters. The van der Waals surface area contributed by atoms with E-state index in [1.54, 1.807) is 36.6 Å². The monoisotopic (exact) mass is 883 g/mol. The van der Waals surface area contributed by atoms with Crippen LogP contribution in [0.5, 0.6) is 11.5 Å². The molecule has 0 radical (unpaired) electrons. The van der Waals surface area contributed by atoms with Crippen LogP contribution in [0.15, 0.2) is 83.9 Å². The number of methoxy groups -OCH3 is 1. The fraction of sp³-hybridized carbons (Fsp3) is 0.392. The average Bonchev–Trinajstić information content (AvgIpc) is 3.78. The number of benzene rings is 4. The molecule has 3 aliphatic heterocycles. The van der Waals surface area contributed by atoms with Gasteiger partial charge in [0.2, 0.25) is 0 Å². The summed E-state index contributed by atoms with van der Waals surface area (Å²) in [5, 5.41) is 32.2. The maximum Gasteiger partial charge on any atom is 0.162 e. The first kappa shape index (κ1) is 42.3. The maximum absolute atomic E-state index is 15.4. The number of aryl methyl sites for hydroxylation is 3. The molecule has 2 N–H and O–H groups in total. The molecule has 0 spiro atoms. The Morgan fingerprint density at radius 2 is 1.52 bits per heavy atom. The number of thiophene rings is 1. The van der Waals surface area contributed by atoms with E-state index < -0.39 is 17.2 Å². The molecule has 10 rings (SSSR count). The molecule has 0 saturated carbocycles. The quantitative estimate of drug-likeness (QED) is 0.156. The van der Waals surface area contributed by atoms with Gasteiger partial charge in [-0.05, 0) is 118 Å². The topological polar surface area (TPSA) is 102 Å². The first-order valence-electron chi connectivity index (χ1n) is 22.5. The number of aromatic nitrogens is 3. The molecule has 13 heteroatoms. The van der Waals surface area contributed by atoms with E-state index in [1.807, 2.05) is 13.0 Å². The summed E-state index contributed by atoms with van der Waals surface area (Å²) in [6.07, 6.45) is 2.71. The molecule has 0 amide bonds. The second-order valence-corrected chi connectivity index (χ2v) is 19.4. The highest BCUT2D eigenvalue weighted by Gasteiger charge is 2.38. The molecule has 332 valence electrons. The molecule has 6 aromatic rings. The van der Waals surface area contributed by atoms with Gasteiger partial charge < -0.3 is 24.7 Å². The Balaban J connectivity index is 0.785. The maximum atomic E-state index is 15.4. The Bertz CT molecular complexity index is 2750. The SMILES string of the molecule is COc1cc(N2CCN(CC3(O)CCN(c4ccc(C5=N[C@@H](C)c6nnc(C)n6-c6sc(C)c(C)c65)cc4)CC3)CC2)ccc1[C@@H]1c2ccc(O)cc2CC[C@@H]1c1ccc(F)cc1F. The number of fused-ring (bicyclic) bond motifs is 4. The lowest BCUT2D eigenvalue weighted by Gasteiger charge is -2.44. The summed E-state index contributed by atoms with van der Waals surface area (Å²) in [7, 11) is 1.67. The summed E-state index contributed by atoms with van der Waals surface area (Å²) in [4.78, 5) is 13.6. The Kier molecular flexibility index (Phi) is 11.1. The van der Waals surface area contributed by atoms with Gasteiger partial charge in [0.1, 0.15) is 40.0 Å². The van der Waals surface area contributed by atoms with Crippen molar-refractivity contribution in [1.82, 2.24) is 19.7 Å². The van der Waals surface area contributed by atoms with Crippen LogP contribution in [-0.4, -0.2) is 94.1 Å². The summed E-state index contributed by atoms with van der Waals surface area (Å²) in [5.41, 5.74) is 9.37. The number of aliphatic imine (C=N–C) groups is 1. The van der Waals surface area contributed by atoms with E-state index in [0.717, 1.165) is 107 Å². The summed E-state index contributed by atoms with van der Waals surface area (Å²) >= 11 is 1.77. The fourth-order valence-electron chi connectivity index (χ4n) is 10.7. The Morgan fingerprint density at radius 3 is 2.25 bits per heavy atom. The van der Waals surface area contributed by atoms with E-state index in [-0.39, 0.29) is 23.6 Å². The molecule has 10 nitrogen and oxygen atoms in total. The van der Waals surface area contributed by atoms with E-state index in [4.69, 9.17) is 9.73 Å². The van der Waals surface area contributed by atoms with Crippen molar-refractivity contribution in [2.45, 2.75) is 76.9 Å². The van der Waals surface area contributed by atoms with Crippen molar-refractivity contribution in [2.24, 2.45) is 4.99 Å². The third kappa shape index (κ3) is 7.64. The van der Waals surface area contributed by atoms with E-state index >= 15 is 4.39 Å². The Morgan fingerprint density at radius 1 is 0.812 bits per heavy atom. The molecule has 2 fully saturated rings. The van der Waals surface area contributed by atoms with Crippen LogP contribution in [0, 0.1) is 32.4 Å². The number of aromatic hydroxyl groups is 1. The number of phenolic OH excluding ortho intramolecular Hbond substituents is 1. The van der Waals surface area contributed by atoms with Crippen LogP contribution in [0.25, 0.3) is 5.00 Å². The normalized spacial score (nSPS) is 20.9. The summed E-state index contributed by atoms with van der Waals surface area (Å²) in [5.74, 6) is 1.02. The van der Waals surface area contributed by atoms with Gasteiger partial charge in [0.05, 0.1) is 18.4 Å². The minimum absolute atomic E-state index is 0.130. The number of anilines is 2. The third-order valence-electron chi connectivity index (χ3n) is 14.3. The lowest BCUT2D eigenvalue weighted by atomic mass is 9.69. The standard InChI is InChI=1S/C51H55F2N7O3S/c1-30-32(3)64-50-46(30)48(54-31(2)49-56-55-33(4)60(49)50)34-6-10-37(11-7-34)58-20-18-51(62,19-21-58)29-57-22-24-59(25-23-57)38-12-16-43(45(28-38)63-5)47-40-17-13-39(61)26-35(40)8-14-42(47)41-15-9-36(52)27-44(41)53/h6-7,9-13,15-17,26-28,31,42,47,61-62H,8,14,18-25,29H2,1-5H3/t31-,42+,47+/m0/s1. The highest BCUT2D eigenvalue weighted by Crippen LogP contribution is 2.50. The van der Waals surface area contributed by atoms with Gasteiger partial charge in [0.25, 0.3) is 0 Å². The summed E-state index contributed by atoms with van der Waals surface area (Å²) in [6.45, 7) is 13.9. The van der Waals surface area contributed by atoms with Crippen LogP contribution >= 0.6 is 11.3 Å². The predicted octanol–water partition coefficient (Wildman–Crippen LogP) is 9.17. The van der Waals surface area contributed by atoms with Gasteiger partial charge in [0.15, 0.2) is 5.82 Å². The second kappa shape index (κ2) is 16.7. The first-order valence-corrected chi connectivity index (χ1v) is 23.3. The minimum Gasteiger partial charge on any atom is -0.508 e. The van der Waals surface area contributed by atoms with Gasteiger partial charge in [-0.1, -0.05) is 30.3 Å². The lowest BCUT2D eigenvalue weighted by molar-refractivity contribution is -0.0173. The number of ether oxygens (including phenoxy) is 1. The molecule has 0 bridgehead atoms. The van der Waals surface area contributed by atoms with Gasteiger partial charge >= 0.3 is 0 Å². The molecule has 2 aromatic heterocycles. The summed E-state index contributed by atoms with van der Waals surface area (Å²) in [6, 6.07) is 24.2. The number of hydrogen-bond donors (Lipinski definition) is 2. The zero-order chi connectivity index (χ0) is 44.4. The number of halogens is 2. The van der Waals surface area contributed by atoms with Gasteiger partial charge in [-0.25, -0.2) is 8.78 Å². The molecule has 5 heterocycles. The fourth-order valence-corrected chi connectivity index (χ4v) is 11.9. The van der Waals surface area contributed by atoms with Crippen molar-refractivity contribution in [3.8, 4) is 16.5 Å². The van der Waals surface area contributed by atoms with Crippen molar-refractivity contribution >= 4 is 28.4 Å². The number of hydrogen-bond acceptors (Lipinski definition) is 10. The molecular weight excluding hydrogens is 829 g/mol. The zero-order valence-corrected chi connectivity index (χ0v) is 37.9. The van der Waals surface area contributed by atoms with Crippen molar-refractivity contribution in [3.63, 3.8) is 0 Å². The Hall–Kier alpha value is -5.63. The molecule has 4 aromatic carbocycles. The van der Waals surface area contributed by atoms with Crippen molar-refractivity contribution in [2.75, 3.05) is 62.7 Å². The van der Waals surface area contributed by atoms with Crippen molar-refractivity contribution in [3.05, 3.63) is 146 Å². The van der Waals surface area contributed by atoms with Gasteiger partial charge in [0, 0.05) is 96.8 Å². The molecule has 4 aliphatic rings. The minimum atomic E-state index is -0.759. The van der Waals surface area contributed by atoms with Crippen LogP contribution in [0.2, 0.25) is 0 Å². The number of aliphatic hydroxyl groups is 1. The molecular formula is C51H55F2N7O3S. The van der Waals surface area contributed by atoms with Crippen LogP contribution < -0.4 is 14.5 Å². The van der Waals surface area contributed by atoms with Crippen LogP contribution in [-0.2, 0) is 6.42 Å². The van der Waals surface area contributed by atoms with Crippen LogP contribution in [0.1, 0.15) is 99.5 Å². The predicted molar refractivity (Wildman–Crippen MR) is 249 cm³/mol. The highest BCUT2D eigenvalue weighted by molar-refractivity contribution is 7.15. The smallest absolute Gasteiger partial charge is 0.162 e. The molecule has 0 unspecified atom stereocenters. The van der Waals surface area contributed by atoms with Gasteiger partial charge in [-0.3, -0.25) is 14.5 Å². The van der Waals surface area contributed by atoms with E-state index in [1.165, 1.54) is 16.5 Å². The Labute approximate surface area is 377 Å². The zero-order valence-electron chi connectivity index (χ0n) is 37.1. The van der Waals surface area contributed by atoms with Crippen LogP contribution in [0.4, 0.5) is 20.2 Å². The van der Waals surface area contributed by atoms with Crippen molar-refractivity contribution < 1.29 is 23.7 Å². The molecule has 2 saturated heterocycles. The third-order valence-corrected chi connectivity index (χ3v) is 15.5. The number of rotatable bonds is 8. The van der Waals surface area contributed by atoms with E-state index in [0.29, 0.717) is 43.5 Å². The lowest BCUT2D eigenvalue weighted by Crippen LogP contribution is -2.55. The number of β-amino-alcohol motifs (C(OH)–C–C–N with tert-alkyl or cyclic N) is 1.